The summed E-state index contributed by atoms with van der Waals surface area (Å²) < 4.78 is 1.79. The van der Waals surface area contributed by atoms with E-state index in [0.29, 0.717) is 11.5 Å². The summed E-state index contributed by atoms with van der Waals surface area (Å²) in [5, 5.41) is 7.38. The van der Waals surface area contributed by atoms with Crippen molar-refractivity contribution < 1.29 is 4.79 Å². The molecule has 7 nitrogen and oxygen atoms in total. The van der Waals surface area contributed by atoms with Gasteiger partial charge in [-0.3, -0.25) is 14.3 Å². The minimum Gasteiger partial charge on any atom is -0.336 e. The average molecular weight is 322 g/mol. The fourth-order valence-corrected chi connectivity index (χ4v) is 4.27. The third kappa shape index (κ3) is 1.90. The van der Waals surface area contributed by atoms with Crippen molar-refractivity contribution in [3.8, 4) is 0 Å². The summed E-state index contributed by atoms with van der Waals surface area (Å²) >= 11 is 0. The number of hydrogen-bond donors (Lipinski definition) is 1. The normalized spacial score (nSPS) is 23.1. The van der Waals surface area contributed by atoms with E-state index >= 15 is 0 Å². The van der Waals surface area contributed by atoms with Crippen molar-refractivity contribution in [3.05, 3.63) is 47.8 Å². The van der Waals surface area contributed by atoms with Gasteiger partial charge in [0.1, 0.15) is 5.69 Å². The molecule has 1 spiro atoms. The minimum absolute atomic E-state index is 0.00691. The van der Waals surface area contributed by atoms with Crippen LogP contribution in [-0.2, 0) is 11.8 Å². The van der Waals surface area contributed by atoms with Gasteiger partial charge in [-0.15, -0.1) is 0 Å². The van der Waals surface area contributed by atoms with Crippen molar-refractivity contribution in [2.45, 2.75) is 31.1 Å². The van der Waals surface area contributed by atoms with Crippen molar-refractivity contribution in [1.82, 2.24) is 29.5 Å². The largest absolute Gasteiger partial charge is 0.336 e. The van der Waals surface area contributed by atoms with Crippen molar-refractivity contribution in [2.24, 2.45) is 0 Å². The number of imidazole rings is 1. The first-order chi connectivity index (χ1) is 11.8. The smallest absolute Gasteiger partial charge is 0.274 e. The molecule has 4 heterocycles. The number of carbonyl (C=O) groups excluding carboxylic acids is 1. The molecule has 1 saturated heterocycles. The molecule has 1 N–H and O–H groups in total. The summed E-state index contributed by atoms with van der Waals surface area (Å²) in [6.07, 6.45) is 11.5. The lowest BCUT2D eigenvalue weighted by Crippen LogP contribution is -2.48. The van der Waals surface area contributed by atoms with Gasteiger partial charge in [-0.05, 0) is 37.3 Å². The Morgan fingerprint density at radius 3 is 3.21 bits per heavy atom. The summed E-state index contributed by atoms with van der Waals surface area (Å²) in [4.78, 5) is 23.5. The first-order valence-electron chi connectivity index (χ1n) is 8.37. The van der Waals surface area contributed by atoms with E-state index in [9.17, 15) is 4.79 Å². The Bertz CT molecular complexity index is 895. The van der Waals surface area contributed by atoms with Crippen LogP contribution in [0.4, 0.5) is 0 Å². The Labute approximate surface area is 138 Å². The van der Waals surface area contributed by atoms with Crippen molar-refractivity contribution in [3.63, 3.8) is 0 Å². The molecule has 122 valence electrons. The molecular weight excluding hydrogens is 304 g/mol. The van der Waals surface area contributed by atoms with E-state index in [2.05, 4.69) is 20.2 Å². The van der Waals surface area contributed by atoms with Crippen LogP contribution in [0, 0.1) is 0 Å². The standard InChI is InChI=1S/C17H18N6O/c24-15(13-10-22-8-2-6-18-16(22)20-13)23-7-1-4-17(11-23)5-3-12-9-19-21-14(12)17/h2,6,8-10H,1,3-5,7,11H2,(H,19,21). The zero-order valence-corrected chi connectivity index (χ0v) is 13.3. The molecule has 0 aromatic carbocycles. The molecule has 0 radical (unpaired) electrons. The number of carbonyl (C=O) groups is 1. The van der Waals surface area contributed by atoms with Crippen molar-refractivity contribution in [1.29, 1.82) is 0 Å². The average Bonchev–Trinajstić information content (AvgIpc) is 3.31. The first kappa shape index (κ1) is 13.7. The number of nitrogens with one attached hydrogen (secondary N) is 1. The number of fused-ring (bicyclic) bond motifs is 3. The highest BCUT2D eigenvalue weighted by molar-refractivity contribution is 5.93. The van der Waals surface area contributed by atoms with E-state index in [1.54, 1.807) is 16.8 Å². The molecule has 1 aliphatic heterocycles. The van der Waals surface area contributed by atoms with Gasteiger partial charge in [0.2, 0.25) is 5.78 Å². The van der Waals surface area contributed by atoms with Crippen LogP contribution in [0.2, 0.25) is 0 Å². The van der Waals surface area contributed by atoms with E-state index in [0.717, 1.165) is 38.8 Å². The lowest BCUT2D eigenvalue weighted by molar-refractivity contribution is 0.0627. The Balaban J connectivity index is 1.45. The highest BCUT2D eigenvalue weighted by Gasteiger charge is 2.44. The highest BCUT2D eigenvalue weighted by Crippen LogP contribution is 2.43. The second-order valence-corrected chi connectivity index (χ2v) is 6.83. The predicted octanol–water partition coefficient (Wildman–Crippen LogP) is 1.57. The van der Waals surface area contributed by atoms with E-state index in [1.807, 2.05) is 23.4 Å². The van der Waals surface area contributed by atoms with Crippen LogP contribution in [0.25, 0.3) is 5.78 Å². The van der Waals surface area contributed by atoms with Crippen LogP contribution in [0.3, 0.4) is 0 Å². The summed E-state index contributed by atoms with van der Waals surface area (Å²) in [6, 6.07) is 1.83. The van der Waals surface area contributed by atoms with E-state index in [1.165, 1.54) is 11.3 Å². The number of piperidine rings is 1. The van der Waals surface area contributed by atoms with Gasteiger partial charge in [-0.2, -0.15) is 5.10 Å². The Hall–Kier alpha value is -2.70. The van der Waals surface area contributed by atoms with Gasteiger partial charge in [0.25, 0.3) is 5.91 Å². The molecule has 2 aliphatic rings. The van der Waals surface area contributed by atoms with Crippen molar-refractivity contribution >= 4 is 11.7 Å². The third-order valence-electron chi connectivity index (χ3n) is 5.44. The summed E-state index contributed by atoms with van der Waals surface area (Å²) in [6.45, 7) is 1.52. The molecule has 0 bridgehead atoms. The molecule has 5 rings (SSSR count). The molecule has 1 amide bonds. The van der Waals surface area contributed by atoms with Gasteiger partial charge in [-0.25, -0.2) is 9.97 Å². The molecule has 3 aromatic heterocycles. The highest BCUT2D eigenvalue weighted by atomic mass is 16.2. The van der Waals surface area contributed by atoms with E-state index in [4.69, 9.17) is 0 Å². The molecule has 1 fully saturated rings. The fraction of sp³-hybridized carbons (Fsp3) is 0.412. The maximum Gasteiger partial charge on any atom is 0.274 e. The number of rotatable bonds is 1. The number of hydrogen-bond acceptors (Lipinski definition) is 4. The molecule has 24 heavy (non-hydrogen) atoms. The lowest BCUT2D eigenvalue weighted by atomic mass is 9.77. The zero-order chi connectivity index (χ0) is 16.1. The van der Waals surface area contributed by atoms with Gasteiger partial charge >= 0.3 is 0 Å². The van der Waals surface area contributed by atoms with Crippen LogP contribution < -0.4 is 0 Å². The number of nitrogens with zero attached hydrogens (tertiary/aromatic N) is 5. The van der Waals surface area contributed by atoms with Gasteiger partial charge < -0.3 is 4.90 Å². The first-order valence-corrected chi connectivity index (χ1v) is 8.37. The number of amides is 1. The maximum absolute atomic E-state index is 13.0. The molecule has 1 unspecified atom stereocenters. The molecule has 1 atom stereocenters. The van der Waals surface area contributed by atoms with Crippen LogP contribution in [0.5, 0.6) is 0 Å². The Morgan fingerprint density at radius 1 is 1.33 bits per heavy atom. The Morgan fingerprint density at radius 2 is 2.29 bits per heavy atom. The summed E-state index contributed by atoms with van der Waals surface area (Å²) in [7, 11) is 0. The molecule has 3 aromatic rings. The Kier molecular flexibility index (Phi) is 2.80. The quantitative estimate of drug-likeness (QED) is 0.737. The van der Waals surface area contributed by atoms with Crippen LogP contribution in [0.15, 0.2) is 30.9 Å². The SMILES string of the molecule is O=C(c1cn2cccnc2n1)N1CCCC2(CCc3cn[nH]c32)C1. The molecule has 1 aliphatic carbocycles. The molecule has 7 heteroatoms. The van der Waals surface area contributed by atoms with Gasteiger partial charge in [-0.1, -0.05) is 0 Å². The summed E-state index contributed by atoms with van der Waals surface area (Å²) in [5.74, 6) is 0.553. The topological polar surface area (TPSA) is 79.2 Å². The number of aryl methyl sites for hydroxylation is 1. The van der Waals surface area contributed by atoms with Crippen LogP contribution in [-0.4, -0.2) is 48.5 Å². The maximum atomic E-state index is 13.0. The van der Waals surface area contributed by atoms with E-state index < -0.39 is 0 Å². The van der Waals surface area contributed by atoms with Crippen molar-refractivity contribution in [2.75, 3.05) is 13.1 Å². The van der Waals surface area contributed by atoms with Crippen LogP contribution >= 0.6 is 0 Å². The monoisotopic (exact) mass is 322 g/mol. The number of aromatic amines is 1. The molecule has 0 saturated carbocycles. The van der Waals surface area contributed by atoms with Gasteiger partial charge in [0.05, 0.1) is 6.20 Å². The second-order valence-electron chi connectivity index (χ2n) is 6.83. The number of likely N-dealkylation sites (tertiary alicyclic amines) is 1. The van der Waals surface area contributed by atoms with E-state index in [-0.39, 0.29) is 11.3 Å². The summed E-state index contributed by atoms with van der Waals surface area (Å²) in [5.41, 5.74) is 3.04. The third-order valence-corrected chi connectivity index (χ3v) is 5.44. The van der Waals surface area contributed by atoms with Gasteiger partial charge in [0, 0.05) is 42.8 Å². The lowest BCUT2D eigenvalue weighted by Gasteiger charge is -2.40. The predicted molar refractivity (Wildman–Crippen MR) is 86.7 cm³/mol. The van der Waals surface area contributed by atoms with Crippen LogP contribution in [0.1, 0.15) is 41.0 Å². The number of H-pyrrole nitrogens is 1. The number of aromatic nitrogens is 5. The molecular formula is C17H18N6O. The second kappa shape index (κ2) is 4.90. The fourth-order valence-electron chi connectivity index (χ4n) is 4.27. The zero-order valence-electron chi connectivity index (χ0n) is 13.3. The van der Waals surface area contributed by atoms with Gasteiger partial charge in [0.15, 0.2) is 0 Å². The minimum atomic E-state index is -0.00691.